The van der Waals surface area contributed by atoms with Crippen LogP contribution in [0.1, 0.15) is 34.6 Å². The second-order valence-corrected chi connectivity index (χ2v) is 7.59. The van der Waals surface area contributed by atoms with Gasteiger partial charge in [0.2, 0.25) is 0 Å². The van der Waals surface area contributed by atoms with Crippen molar-refractivity contribution in [3.63, 3.8) is 0 Å². The fourth-order valence-corrected chi connectivity index (χ4v) is 3.71. The third-order valence-electron chi connectivity index (χ3n) is 5.03. The van der Waals surface area contributed by atoms with E-state index in [4.69, 9.17) is 4.74 Å². The SMILES string of the molecule is C[C@@H]1CN(C(=O)c2cnn(-c3ccccc3)c2NC(=O)c2cccc(F)c2)C[C@H](C)O1. The number of ether oxygens (including phenoxy) is 1. The summed E-state index contributed by atoms with van der Waals surface area (Å²) in [5, 5.41) is 7.11. The Morgan fingerprint density at radius 3 is 2.45 bits per heavy atom. The largest absolute Gasteiger partial charge is 0.372 e. The molecule has 1 N–H and O–H groups in total. The molecule has 0 radical (unpaired) electrons. The Labute approximate surface area is 179 Å². The van der Waals surface area contributed by atoms with E-state index in [0.29, 0.717) is 18.8 Å². The number of amides is 2. The van der Waals surface area contributed by atoms with Gasteiger partial charge in [0.25, 0.3) is 11.8 Å². The summed E-state index contributed by atoms with van der Waals surface area (Å²) in [6.07, 6.45) is 1.26. The Bertz CT molecular complexity index is 1090. The van der Waals surface area contributed by atoms with E-state index in [1.54, 1.807) is 4.90 Å². The van der Waals surface area contributed by atoms with E-state index >= 15 is 0 Å². The number of halogens is 1. The highest BCUT2D eigenvalue weighted by molar-refractivity contribution is 6.08. The number of para-hydroxylation sites is 1. The van der Waals surface area contributed by atoms with E-state index in [-0.39, 0.29) is 35.1 Å². The topological polar surface area (TPSA) is 76.5 Å². The Morgan fingerprint density at radius 2 is 1.77 bits per heavy atom. The summed E-state index contributed by atoms with van der Waals surface area (Å²) in [5.41, 5.74) is 1.09. The van der Waals surface area contributed by atoms with Crippen molar-refractivity contribution in [2.24, 2.45) is 0 Å². The molecule has 1 aliphatic rings. The summed E-state index contributed by atoms with van der Waals surface area (Å²) in [6.45, 7) is 4.71. The molecule has 1 aromatic heterocycles. The van der Waals surface area contributed by atoms with Crippen molar-refractivity contribution in [1.29, 1.82) is 0 Å². The van der Waals surface area contributed by atoms with E-state index in [0.717, 1.165) is 6.07 Å². The van der Waals surface area contributed by atoms with E-state index in [1.807, 2.05) is 44.2 Å². The maximum absolute atomic E-state index is 13.6. The average Bonchev–Trinajstić information content (AvgIpc) is 3.16. The van der Waals surface area contributed by atoms with Crippen LogP contribution in [0, 0.1) is 5.82 Å². The zero-order valence-corrected chi connectivity index (χ0v) is 17.3. The lowest BCUT2D eigenvalue weighted by Crippen LogP contribution is -2.48. The highest BCUT2D eigenvalue weighted by atomic mass is 19.1. The van der Waals surface area contributed by atoms with E-state index in [2.05, 4.69) is 10.4 Å². The molecule has 2 atom stereocenters. The first-order valence-corrected chi connectivity index (χ1v) is 10.1. The van der Waals surface area contributed by atoms with Gasteiger partial charge in [-0.2, -0.15) is 5.10 Å². The zero-order valence-electron chi connectivity index (χ0n) is 17.3. The maximum atomic E-state index is 13.6. The number of hydrogen-bond acceptors (Lipinski definition) is 4. The molecule has 2 amide bonds. The molecule has 160 valence electrons. The smallest absolute Gasteiger partial charge is 0.259 e. The quantitative estimate of drug-likeness (QED) is 0.698. The third kappa shape index (κ3) is 4.49. The predicted octanol–water partition coefficient (Wildman–Crippen LogP) is 3.51. The van der Waals surface area contributed by atoms with Gasteiger partial charge < -0.3 is 15.0 Å². The van der Waals surface area contributed by atoms with Crippen molar-refractivity contribution >= 4 is 17.6 Å². The normalized spacial score (nSPS) is 18.6. The molecule has 31 heavy (non-hydrogen) atoms. The fraction of sp³-hybridized carbons (Fsp3) is 0.261. The summed E-state index contributed by atoms with van der Waals surface area (Å²) < 4.78 is 20.8. The Morgan fingerprint density at radius 1 is 1.06 bits per heavy atom. The van der Waals surface area contributed by atoms with Crippen LogP contribution < -0.4 is 5.32 Å². The van der Waals surface area contributed by atoms with Gasteiger partial charge in [0.15, 0.2) is 0 Å². The predicted molar refractivity (Wildman–Crippen MR) is 114 cm³/mol. The molecule has 2 heterocycles. The summed E-state index contributed by atoms with van der Waals surface area (Å²) in [5.74, 6) is -1.07. The Hall–Kier alpha value is -3.52. The van der Waals surface area contributed by atoms with Gasteiger partial charge in [0.05, 0.1) is 24.1 Å². The third-order valence-corrected chi connectivity index (χ3v) is 5.03. The lowest BCUT2D eigenvalue weighted by molar-refractivity contribution is -0.0585. The molecule has 1 fully saturated rings. The molecular weight excluding hydrogens is 399 g/mol. The first kappa shape index (κ1) is 20.7. The number of nitrogens with one attached hydrogen (secondary N) is 1. The number of rotatable bonds is 4. The van der Waals surface area contributed by atoms with Gasteiger partial charge in [-0.1, -0.05) is 24.3 Å². The van der Waals surface area contributed by atoms with Gasteiger partial charge in [-0.05, 0) is 44.2 Å². The minimum absolute atomic E-state index is 0.0952. The lowest BCUT2D eigenvalue weighted by atomic mass is 10.1. The summed E-state index contributed by atoms with van der Waals surface area (Å²) >= 11 is 0. The molecule has 0 saturated carbocycles. The van der Waals surface area contributed by atoms with Crippen molar-refractivity contribution in [2.75, 3.05) is 18.4 Å². The molecule has 8 heteroatoms. The highest BCUT2D eigenvalue weighted by Gasteiger charge is 2.30. The molecule has 2 aromatic carbocycles. The summed E-state index contributed by atoms with van der Waals surface area (Å²) in [4.78, 5) is 27.9. The van der Waals surface area contributed by atoms with Crippen LogP contribution in [0.15, 0.2) is 60.8 Å². The minimum atomic E-state index is -0.532. The standard InChI is InChI=1S/C23H23FN4O3/c1-15-13-27(14-16(2)31-15)23(30)20-12-25-28(19-9-4-3-5-10-19)21(20)26-22(29)17-7-6-8-18(24)11-17/h3-12,15-16H,13-14H2,1-2H3,(H,26,29)/t15-,16+. The van der Waals surface area contributed by atoms with Crippen LogP contribution in [0.2, 0.25) is 0 Å². The first-order chi connectivity index (χ1) is 14.9. The zero-order chi connectivity index (χ0) is 22.0. The fourth-order valence-electron chi connectivity index (χ4n) is 3.71. The number of hydrogen-bond donors (Lipinski definition) is 1. The summed E-state index contributed by atoms with van der Waals surface area (Å²) in [7, 11) is 0. The molecule has 0 unspecified atom stereocenters. The van der Waals surface area contributed by atoms with Crippen molar-refractivity contribution in [1.82, 2.24) is 14.7 Å². The number of morpholine rings is 1. The van der Waals surface area contributed by atoms with E-state index in [9.17, 15) is 14.0 Å². The lowest BCUT2D eigenvalue weighted by Gasteiger charge is -2.35. The molecule has 4 rings (SSSR count). The second kappa shape index (κ2) is 8.69. The number of carbonyl (C=O) groups is 2. The van der Waals surface area contributed by atoms with Crippen molar-refractivity contribution in [2.45, 2.75) is 26.1 Å². The minimum Gasteiger partial charge on any atom is -0.372 e. The van der Waals surface area contributed by atoms with Gasteiger partial charge in [0, 0.05) is 18.7 Å². The molecule has 7 nitrogen and oxygen atoms in total. The van der Waals surface area contributed by atoms with Crippen LogP contribution >= 0.6 is 0 Å². The molecule has 0 aliphatic carbocycles. The van der Waals surface area contributed by atoms with Crippen LogP contribution in [0.25, 0.3) is 5.69 Å². The molecule has 0 spiro atoms. The molecule has 3 aromatic rings. The molecular formula is C23H23FN4O3. The first-order valence-electron chi connectivity index (χ1n) is 10.1. The molecule has 0 bridgehead atoms. The number of carbonyl (C=O) groups excluding carboxylic acids is 2. The second-order valence-electron chi connectivity index (χ2n) is 7.59. The van der Waals surface area contributed by atoms with Crippen LogP contribution in [0.3, 0.4) is 0 Å². The van der Waals surface area contributed by atoms with Gasteiger partial charge in [-0.15, -0.1) is 0 Å². The van der Waals surface area contributed by atoms with Crippen LogP contribution in [-0.2, 0) is 4.74 Å². The van der Waals surface area contributed by atoms with E-state index < -0.39 is 11.7 Å². The maximum Gasteiger partial charge on any atom is 0.259 e. The molecule has 1 saturated heterocycles. The number of benzene rings is 2. The Kier molecular flexibility index (Phi) is 5.81. The van der Waals surface area contributed by atoms with Gasteiger partial charge in [-0.25, -0.2) is 9.07 Å². The average molecular weight is 422 g/mol. The van der Waals surface area contributed by atoms with Crippen LogP contribution in [-0.4, -0.2) is 51.8 Å². The van der Waals surface area contributed by atoms with Crippen molar-refractivity contribution < 1.29 is 18.7 Å². The van der Waals surface area contributed by atoms with Crippen molar-refractivity contribution in [3.8, 4) is 5.69 Å². The summed E-state index contributed by atoms with van der Waals surface area (Å²) in [6, 6.07) is 14.5. The van der Waals surface area contributed by atoms with Crippen LogP contribution in [0.5, 0.6) is 0 Å². The monoisotopic (exact) mass is 422 g/mol. The Balaban J connectivity index is 1.71. The number of nitrogens with zero attached hydrogens (tertiary/aromatic N) is 3. The number of aromatic nitrogens is 2. The van der Waals surface area contributed by atoms with Crippen molar-refractivity contribution in [3.05, 3.63) is 77.7 Å². The van der Waals surface area contributed by atoms with E-state index in [1.165, 1.54) is 29.1 Å². The number of anilines is 1. The van der Waals surface area contributed by atoms with Gasteiger partial charge in [-0.3, -0.25) is 9.59 Å². The van der Waals surface area contributed by atoms with Gasteiger partial charge >= 0.3 is 0 Å². The van der Waals surface area contributed by atoms with Crippen LogP contribution in [0.4, 0.5) is 10.2 Å². The molecule has 1 aliphatic heterocycles. The van der Waals surface area contributed by atoms with Gasteiger partial charge in [0.1, 0.15) is 17.2 Å². The highest BCUT2D eigenvalue weighted by Crippen LogP contribution is 2.24.